The zero-order valence-electron chi connectivity index (χ0n) is 19.8. The molecule has 5 aromatic rings. The zero-order valence-corrected chi connectivity index (χ0v) is 20.6. The highest BCUT2D eigenvalue weighted by atomic mass is 32.2. The van der Waals surface area contributed by atoms with Crippen molar-refractivity contribution in [1.29, 1.82) is 0 Å². The summed E-state index contributed by atoms with van der Waals surface area (Å²) in [4.78, 5) is 26.1. The lowest BCUT2D eigenvalue weighted by Crippen LogP contribution is -2.22. The molecule has 0 fully saturated rings. The summed E-state index contributed by atoms with van der Waals surface area (Å²) in [5.41, 5.74) is 5.41. The molecule has 8 heteroatoms. The maximum absolute atomic E-state index is 13.4. The van der Waals surface area contributed by atoms with Crippen LogP contribution in [0.2, 0.25) is 0 Å². The number of carbonyl (C=O) groups excluding carboxylic acids is 1. The zero-order chi connectivity index (χ0) is 24.5. The van der Waals surface area contributed by atoms with Gasteiger partial charge >= 0.3 is 0 Å². The van der Waals surface area contributed by atoms with Crippen LogP contribution in [0.5, 0.6) is 0 Å². The third-order valence-corrected chi connectivity index (χ3v) is 6.76. The average molecular weight is 484 g/mol. The second-order valence-electron chi connectivity index (χ2n) is 8.51. The Morgan fingerprint density at radius 2 is 1.69 bits per heavy atom. The van der Waals surface area contributed by atoms with E-state index >= 15 is 0 Å². The van der Waals surface area contributed by atoms with E-state index in [2.05, 4.69) is 28.5 Å². The average Bonchev–Trinajstić information content (AvgIpc) is 3.26. The first-order valence-electron chi connectivity index (χ1n) is 11.4. The summed E-state index contributed by atoms with van der Waals surface area (Å²) in [6.45, 7) is 6.09. The molecule has 0 unspecified atom stereocenters. The number of benzene rings is 3. The molecule has 0 saturated carbocycles. The summed E-state index contributed by atoms with van der Waals surface area (Å²) >= 11 is 1.28. The van der Waals surface area contributed by atoms with Crippen molar-refractivity contribution in [3.05, 3.63) is 93.8 Å². The first kappa shape index (κ1) is 22.9. The van der Waals surface area contributed by atoms with E-state index in [4.69, 9.17) is 0 Å². The van der Waals surface area contributed by atoms with Crippen LogP contribution < -0.4 is 10.9 Å². The van der Waals surface area contributed by atoms with Crippen LogP contribution in [0.3, 0.4) is 0 Å². The second kappa shape index (κ2) is 9.38. The van der Waals surface area contributed by atoms with E-state index in [1.165, 1.54) is 17.3 Å². The van der Waals surface area contributed by atoms with Crippen LogP contribution in [0.15, 0.2) is 76.7 Å². The quantitative estimate of drug-likeness (QED) is 0.346. The Hall–Kier alpha value is -3.91. The number of hydrogen-bond donors (Lipinski definition) is 1. The molecule has 0 bridgehead atoms. The number of nitrogens with one attached hydrogen (secondary N) is 1. The third kappa shape index (κ3) is 4.44. The van der Waals surface area contributed by atoms with Gasteiger partial charge in [-0.1, -0.05) is 49.0 Å². The number of hydrogen-bond acceptors (Lipinski definition) is 5. The standard InChI is InChI=1S/C27H25N5O2S/c1-4-19-9-11-21(12-10-19)31-25(34)22-7-5-6-8-23(22)32-26(31)29-30-27(32)35-16-24(33)28-20-14-17(2)13-18(3)15-20/h5-15H,4,16H2,1-3H3,(H,28,33). The molecule has 0 atom stereocenters. The maximum atomic E-state index is 13.4. The van der Waals surface area contributed by atoms with Crippen molar-refractivity contribution in [2.75, 3.05) is 11.1 Å². The number of carbonyl (C=O) groups is 1. The van der Waals surface area contributed by atoms with E-state index in [-0.39, 0.29) is 17.2 Å². The van der Waals surface area contributed by atoms with Gasteiger partial charge in [0.25, 0.3) is 5.56 Å². The summed E-state index contributed by atoms with van der Waals surface area (Å²) in [6, 6.07) is 21.2. The highest BCUT2D eigenvalue weighted by molar-refractivity contribution is 7.99. The number of nitrogens with zero attached hydrogens (tertiary/aromatic N) is 4. The number of anilines is 1. The number of aromatic nitrogens is 4. The van der Waals surface area contributed by atoms with E-state index < -0.39 is 0 Å². The largest absolute Gasteiger partial charge is 0.325 e. The van der Waals surface area contributed by atoms with Gasteiger partial charge in [-0.3, -0.25) is 14.0 Å². The SMILES string of the molecule is CCc1ccc(-n2c(=O)c3ccccc3n3c(SCC(=O)Nc4cc(C)cc(C)c4)nnc23)cc1. The molecule has 7 nitrogen and oxygen atoms in total. The Kier molecular flexibility index (Phi) is 6.13. The monoisotopic (exact) mass is 483 g/mol. The summed E-state index contributed by atoms with van der Waals surface area (Å²) < 4.78 is 3.42. The molecular weight excluding hydrogens is 458 g/mol. The van der Waals surface area contributed by atoms with Crippen molar-refractivity contribution in [3.63, 3.8) is 0 Å². The van der Waals surface area contributed by atoms with Crippen molar-refractivity contribution in [2.24, 2.45) is 0 Å². The van der Waals surface area contributed by atoms with Crippen LogP contribution >= 0.6 is 11.8 Å². The number of aryl methyl sites for hydroxylation is 3. The Morgan fingerprint density at radius 3 is 2.40 bits per heavy atom. The van der Waals surface area contributed by atoms with Gasteiger partial charge in [-0.25, -0.2) is 4.57 Å². The molecule has 35 heavy (non-hydrogen) atoms. The molecule has 1 N–H and O–H groups in total. The Labute approximate surface area is 206 Å². The van der Waals surface area contributed by atoms with Gasteiger partial charge in [0.1, 0.15) is 0 Å². The molecule has 3 aromatic carbocycles. The first-order chi connectivity index (χ1) is 16.9. The summed E-state index contributed by atoms with van der Waals surface area (Å²) in [5, 5.41) is 12.8. The van der Waals surface area contributed by atoms with E-state index in [9.17, 15) is 9.59 Å². The number of thioether (sulfide) groups is 1. The highest BCUT2D eigenvalue weighted by Gasteiger charge is 2.18. The number of amides is 1. The normalized spacial score (nSPS) is 11.3. The third-order valence-electron chi connectivity index (χ3n) is 5.84. The second-order valence-corrected chi connectivity index (χ2v) is 9.45. The predicted molar refractivity (Wildman–Crippen MR) is 141 cm³/mol. The van der Waals surface area contributed by atoms with Gasteiger partial charge in [-0.15, -0.1) is 10.2 Å². The van der Waals surface area contributed by atoms with Gasteiger partial charge in [0, 0.05) is 5.69 Å². The fraction of sp³-hybridized carbons (Fsp3) is 0.185. The van der Waals surface area contributed by atoms with Crippen LogP contribution in [-0.4, -0.2) is 30.8 Å². The molecular formula is C27H25N5O2S. The van der Waals surface area contributed by atoms with Gasteiger partial charge in [-0.05, 0) is 73.4 Å². The highest BCUT2D eigenvalue weighted by Crippen LogP contribution is 2.24. The van der Waals surface area contributed by atoms with Crippen LogP contribution in [-0.2, 0) is 11.2 Å². The molecule has 2 heterocycles. The van der Waals surface area contributed by atoms with Crippen LogP contribution in [0.4, 0.5) is 5.69 Å². The van der Waals surface area contributed by atoms with Crippen molar-refractivity contribution >= 4 is 40.0 Å². The fourth-order valence-electron chi connectivity index (χ4n) is 4.26. The Morgan fingerprint density at radius 1 is 0.971 bits per heavy atom. The van der Waals surface area contributed by atoms with E-state index in [1.54, 1.807) is 10.6 Å². The smallest absolute Gasteiger partial charge is 0.267 e. The van der Waals surface area contributed by atoms with Crippen molar-refractivity contribution < 1.29 is 4.79 Å². The van der Waals surface area contributed by atoms with Gasteiger partial charge in [0.2, 0.25) is 11.7 Å². The van der Waals surface area contributed by atoms with E-state index in [0.717, 1.165) is 28.9 Å². The molecule has 5 rings (SSSR count). The topological polar surface area (TPSA) is 81.3 Å². The molecule has 1 amide bonds. The summed E-state index contributed by atoms with van der Waals surface area (Å²) in [5.74, 6) is 0.437. The molecule has 0 saturated heterocycles. The molecule has 2 aromatic heterocycles. The van der Waals surface area contributed by atoms with Gasteiger partial charge in [0.15, 0.2) is 5.16 Å². The summed E-state index contributed by atoms with van der Waals surface area (Å²) in [6.07, 6.45) is 0.915. The van der Waals surface area contributed by atoms with Crippen molar-refractivity contribution in [1.82, 2.24) is 19.2 Å². The number of fused-ring (bicyclic) bond motifs is 3. The molecule has 176 valence electrons. The predicted octanol–water partition coefficient (Wildman–Crippen LogP) is 4.94. The number of para-hydroxylation sites is 1. The lowest BCUT2D eigenvalue weighted by atomic mass is 10.1. The maximum Gasteiger partial charge on any atom is 0.267 e. The van der Waals surface area contributed by atoms with Gasteiger partial charge in [-0.2, -0.15) is 0 Å². The van der Waals surface area contributed by atoms with E-state index in [0.29, 0.717) is 21.8 Å². The minimum atomic E-state index is -0.158. The molecule has 0 spiro atoms. The van der Waals surface area contributed by atoms with Crippen LogP contribution in [0.25, 0.3) is 22.4 Å². The van der Waals surface area contributed by atoms with E-state index in [1.807, 2.05) is 72.8 Å². The van der Waals surface area contributed by atoms with Crippen LogP contribution in [0.1, 0.15) is 23.6 Å². The molecule has 0 radical (unpaired) electrons. The molecule has 0 aliphatic heterocycles. The first-order valence-corrected chi connectivity index (χ1v) is 12.4. The minimum Gasteiger partial charge on any atom is -0.325 e. The lowest BCUT2D eigenvalue weighted by molar-refractivity contribution is -0.113. The van der Waals surface area contributed by atoms with Gasteiger partial charge < -0.3 is 5.32 Å². The minimum absolute atomic E-state index is 0.135. The summed E-state index contributed by atoms with van der Waals surface area (Å²) in [7, 11) is 0. The van der Waals surface area contributed by atoms with Crippen LogP contribution in [0, 0.1) is 13.8 Å². The van der Waals surface area contributed by atoms with Gasteiger partial charge in [0.05, 0.1) is 22.3 Å². The van der Waals surface area contributed by atoms with Crippen molar-refractivity contribution in [2.45, 2.75) is 32.3 Å². The Bertz CT molecular complexity index is 1600. The lowest BCUT2D eigenvalue weighted by Gasteiger charge is -2.12. The number of rotatable bonds is 6. The molecule has 0 aliphatic carbocycles. The fourth-order valence-corrected chi connectivity index (χ4v) is 5.00. The Balaban J connectivity index is 1.53. The van der Waals surface area contributed by atoms with Crippen molar-refractivity contribution in [3.8, 4) is 5.69 Å². The molecule has 0 aliphatic rings.